The number of aliphatic hydroxyl groups excluding tert-OH is 1. The third kappa shape index (κ3) is 6.37. The minimum Gasteiger partial charge on any atom is -0.408 e. The zero-order chi connectivity index (χ0) is 23.5. The number of aliphatic hydroxyl groups is 1. The molecule has 0 saturated heterocycles. The number of benzene rings is 2. The van der Waals surface area contributed by atoms with E-state index in [0.717, 1.165) is 36.8 Å². The van der Waals surface area contributed by atoms with E-state index in [1.165, 1.54) is 0 Å². The summed E-state index contributed by atoms with van der Waals surface area (Å²) in [6, 6.07) is 15.8. The summed E-state index contributed by atoms with van der Waals surface area (Å²) >= 11 is 12.6. The van der Waals surface area contributed by atoms with Crippen molar-refractivity contribution in [2.24, 2.45) is 0 Å². The van der Waals surface area contributed by atoms with E-state index in [0.29, 0.717) is 10.0 Å². The summed E-state index contributed by atoms with van der Waals surface area (Å²) in [6.07, 6.45) is 3.37. The molecule has 1 aliphatic carbocycles. The van der Waals surface area contributed by atoms with Crippen molar-refractivity contribution in [1.82, 2.24) is 5.32 Å². The molecule has 2 aromatic rings. The maximum atomic E-state index is 10.7. The molecule has 176 valence electrons. The molecule has 0 aliphatic heterocycles. The molecule has 2 N–H and O–H groups in total. The lowest BCUT2D eigenvalue weighted by Gasteiger charge is -2.43. The Morgan fingerprint density at radius 2 is 1.62 bits per heavy atom. The Morgan fingerprint density at radius 3 is 2.22 bits per heavy atom. The number of nitrogens with one attached hydrogen (secondary N) is 1. The van der Waals surface area contributed by atoms with Gasteiger partial charge in [0.15, 0.2) is 8.32 Å². The van der Waals surface area contributed by atoms with Gasteiger partial charge in [-0.1, -0.05) is 81.1 Å². The van der Waals surface area contributed by atoms with Crippen molar-refractivity contribution in [2.45, 2.75) is 88.9 Å². The van der Waals surface area contributed by atoms with E-state index < -0.39 is 8.32 Å². The van der Waals surface area contributed by atoms with E-state index in [1.807, 2.05) is 30.3 Å². The van der Waals surface area contributed by atoms with E-state index in [-0.39, 0.29) is 29.3 Å². The molecule has 0 bridgehead atoms. The molecule has 3 rings (SSSR count). The maximum Gasteiger partial charge on any atom is 0.193 e. The second-order valence-electron chi connectivity index (χ2n) is 10.5. The van der Waals surface area contributed by atoms with Crippen molar-refractivity contribution >= 4 is 31.5 Å². The van der Waals surface area contributed by atoms with Gasteiger partial charge in [0.2, 0.25) is 0 Å². The molecular formula is C26H37Cl2NO2Si. The molecule has 4 atom stereocenters. The fourth-order valence-corrected chi connectivity index (χ4v) is 5.66. The van der Waals surface area contributed by atoms with Gasteiger partial charge >= 0.3 is 0 Å². The Morgan fingerprint density at radius 1 is 0.969 bits per heavy atom. The zero-order valence-electron chi connectivity index (χ0n) is 19.9. The number of hydrogen-bond acceptors (Lipinski definition) is 3. The van der Waals surface area contributed by atoms with E-state index in [9.17, 15) is 5.11 Å². The minimum absolute atomic E-state index is 0.0223. The first kappa shape index (κ1) is 25.7. The molecule has 0 aromatic heterocycles. The molecule has 1 fully saturated rings. The van der Waals surface area contributed by atoms with Crippen LogP contribution in [0.2, 0.25) is 28.2 Å². The normalized spacial score (nSPS) is 21.9. The van der Waals surface area contributed by atoms with Gasteiger partial charge in [0, 0.05) is 16.1 Å². The Hall–Kier alpha value is -0.883. The predicted octanol–water partition coefficient (Wildman–Crippen LogP) is 7.69. The maximum absolute atomic E-state index is 10.7. The lowest BCUT2D eigenvalue weighted by atomic mass is 9.89. The molecule has 2 aromatic carbocycles. The van der Waals surface area contributed by atoms with Gasteiger partial charge in [-0.15, -0.1) is 0 Å². The number of hydrogen-bond donors (Lipinski definition) is 2. The predicted molar refractivity (Wildman–Crippen MR) is 138 cm³/mol. The lowest BCUT2D eigenvalue weighted by Crippen LogP contribution is -2.48. The Kier molecular flexibility index (Phi) is 8.51. The molecule has 6 heteroatoms. The molecule has 32 heavy (non-hydrogen) atoms. The fraction of sp³-hybridized carbons (Fsp3) is 0.538. The summed E-state index contributed by atoms with van der Waals surface area (Å²) in [5, 5.41) is 16.0. The average molecular weight is 495 g/mol. The summed E-state index contributed by atoms with van der Waals surface area (Å²) in [4.78, 5) is 0. The van der Waals surface area contributed by atoms with Crippen molar-refractivity contribution in [2.75, 3.05) is 0 Å². The van der Waals surface area contributed by atoms with Crippen LogP contribution in [0.5, 0.6) is 0 Å². The molecule has 0 heterocycles. The van der Waals surface area contributed by atoms with E-state index >= 15 is 0 Å². The van der Waals surface area contributed by atoms with Gasteiger partial charge in [-0.05, 0) is 66.4 Å². The van der Waals surface area contributed by atoms with Crippen molar-refractivity contribution < 1.29 is 9.53 Å². The first-order chi connectivity index (χ1) is 15.0. The van der Waals surface area contributed by atoms with Crippen LogP contribution in [0.4, 0.5) is 0 Å². The highest BCUT2D eigenvalue weighted by Crippen LogP contribution is 2.44. The van der Waals surface area contributed by atoms with Crippen molar-refractivity contribution in [3.8, 4) is 0 Å². The summed E-state index contributed by atoms with van der Waals surface area (Å²) < 4.78 is 7.07. The lowest BCUT2D eigenvalue weighted by molar-refractivity contribution is 0.0622. The summed E-state index contributed by atoms with van der Waals surface area (Å²) in [7, 11) is -2.13. The molecule has 1 aliphatic rings. The molecule has 3 nitrogen and oxygen atoms in total. The third-order valence-electron chi connectivity index (χ3n) is 7.06. The van der Waals surface area contributed by atoms with Crippen LogP contribution in [0.1, 0.15) is 69.7 Å². The quantitative estimate of drug-likeness (QED) is 0.388. The van der Waals surface area contributed by atoms with Crippen molar-refractivity contribution in [3.63, 3.8) is 0 Å². The Balaban J connectivity index is 2.07. The van der Waals surface area contributed by atoms with Crippen molar-refractivity contribution in [1.29, 1.82) is 0 Å². The zero-order valence-corrected chi connectivity index (χ0v) is 22.4. The van der Waals surface area contributed by atoms with Gasteiger partial charge in [-0.25, -0.2) is 0 Å². The highest BCUT2D eigenvalue weighted by molar-refractivity contribution is 6.74. The van der Waals surface area contributed by atoms with Crippen LogP contribution < -0.4 is 5.32 Å². The first-order valence-corrected chi connectivity index (χ1v) is 15.3. The van der Waals surface area contributed by atoms with Crippen LogP contribution >= 0.6 is 23.2 Å². The van der Waals surface area contributed by atoms with Crippen LogP contribution in [-0.2, 0) is 4.43 Å². The second kappa shape index (κ2) is 10.6. The highest BCUT2D eigenvalue weighted by Gasteiger charge is 2.42. The third-order valence-corrected chi connectivity index (χ3v) is 12.0. The second-order valence-corrected chi connectivity index (χ2v) is 16.1. The first-order valence-electron chi connectivity index (χ1n) is 11.6. The number of halogens is 2. The van der Waals surface area contributed by atoms with Crippen LogP contribution in [-0.4, -0.2) is 25.6 Å². The fourth-order valence-electron chi connectivity index (χ4n) is 4.07. The molecule has 1 saturated carbocycles. The molecule has 0 radical (unpaired) electrons. The number of rotatable bonds is 7. The topological polar surface area (TPSA) is 41.5 Å². The Labute approximate surface area is 204 Å². The highest BCUT2D eigenvalue weighted by atomic mass is 35.5. The minimum atomic E-state index is -2.13. The summed E-state index contributed by atoms with van der Waals surface area (Å²) in [5.74, 6) is 0. The van der Waals surface area contributed by atoms with E-state index in [4.69, 9.17) is 27.6 Å². The van der Waals surface area contributed by atoms with Gasteiger partial charge in [0.25, 0.3) is 0 Å². The molecule has 0 spiro atoms. The SMILES string of the molecule is CC(C)(C)[Si](C)(C)O[C@H](c1cccc(Cl)c1)[C@H](N[C@@H]1CCCC[C@H]1O)c1ccc(Cl)cc1. The smallest absolute Gasteiger partial charge is 0.193 e. The summed E-state index contributed by atoms with van der Waals surface area (Å²) in [6.45, 7) is 11.3. The van der Waals surface area contributed by atoms with E-state index in [1.54, 1.807) is 0 Å². The molecule has 0 amide bonds. The average Bonchev–Trinajstić information content (AvgIpc) is 2.72. The van der Waals surface area contributed by atoms with Crippen LogP contribution in [0.3, 0.4) is 0 Å². The van der Waals surface area contributed by atoms with Gasteiger partial charge < -0.3 is 14.8 Å². The standard InChI is InChI=1S/C26H37Cl2NO2Si/c1-26(2,3)32(4,5)31-25(19-9-8-10-21(28)17-19)24(18-13-15-20(27)16-14-18)29-22-11-6-7-12-23(22)30/h8-10,13-17,22-25,29-30H,6-7,11-12H2,1-5H3/t22-,23-,24-,25-/m1/s1. The van der Waals surface area contributed by atoms with Gasteiger partial charge in [0.1, 0.15) is 0 Å². The van der Waals surface area contributed by atoms with Gasteiger partial charge in [-0.2, -0.15) is 0 Å². The summed E-state index contributed by atoms with van der Waals surface area (Å²) in [5.41, 5.74) is 2.14. The molecular weight excluding hydrogens is 457 g/mol. The van der Waals surface area contributed by atoms with Crippen LogP contribution in [0.25, 0.3) is 0 Å². The molecule has 0 unspecified atom stereocenters. The van der Waals surface area contributed by atoms with E-state index in [2.05, 4.69) is 57.4 Å². The Bertz CT molecular complexity index is 882. The van der Waals surface area contributed by atoms with Crippen LogP contribution in [0.15, 0.2) is 48.5 Å². The van der Waals surface area contributed by atoms with Gasteiger partial charge in [-0.3, -0.25) is 0 Å². The largest absolute Gasteiger partial charge is 0.408 e. The van der Waals surface area contributed by atoms with Crippen LogP contribution in [0, 0.1) is 0 Å². The van der Waals surface area contributed by atoms with Crippen molar-refractivity contribution in [3.05, 3.63) is 69.7 Å². The monoisotopic (exact) mass is 493 g/mol. The van der Waals surface area contributed by atoms with Gasteiger partial charge in [0.05, 0.1) is 18.2 Å².